The van der Waals surface area contributed by atoms with Gasteiger partial charge in [-0.15, -0.1) is 29.7 Å². The van der Waals surface area contributed by atoms with Gasteiger partial charge in [0.15, 0.2) is 0 Å². The summed E-state index contributed by atoms with van der Waals surface area (Å²) in [5.74, 6) is 1.02. The first kappa shape index (κ1) is 38.8. The monoisotopic (exact) mass is 1400 g/mol. The molecule has 1 aliphatic heterocycles. The molecule has 1 aliphatic carbocycles. The second-order valence-electron chi connectivity index (χ2n) is 26.8. The van der Waals surface area contributed by atoms with Gasteiger partial charge in [-0.05, 0) is 170 Å². The van der Waals surface area contributed by atoms with Gasteiger partial charge in [0.2, 0.25) is 0 Å². The Morgan fingerprint density at radius 1 is 0.522 bits per heavy atom. The maximum absolute atomic E-state index is 10.6. The quantitative estimate of drug-likeness (QED) is 0.118. The van der Waals surface area contributed by atoms with Crippen molar-refractivity contribution in [1.29, 1.82) is 0 Å². The van der Waals surface area contributed by atoms with Crippen molar-refractivity contribution in [3.8, 4) is 95.5 Å². The largest absolute Gasteiger partial charge is 0.510 e. The van der Waals surface area contributed by atoms with E-state index < -0.39 is 127 Å². The van der Waals surface area contributed by atoms with Crippen LogP contribution in [0.4, 0.5) is 0 Å². The number of imidazole rings is 1. The number of hydrogen-bond donors (Lipinski definition) is 0. The van der Waals surface area contributed by atoms with Gasteiger partial charge in [0, 0.05) is 66.2 Å². The van der Waals surface area contributed by atoms with E-state index in [1.165, 1.54) is 12.1 Å². The fraction of sp³-hybridized carbons (Fsp3) is 0.233. The van der Waals surface area contributed by atoms with Gasteiger partial charge >= 0.3 is 0 Å². The zero-order valence-electron chi connectivity index (χ0n) is 76.1. The maximum atomic E-state index is 10.6. The molecule has 13 aromatic rings. The molecular weight excluding hydrogens is 1300 g/mol. The van der Waals surface area contributed by atoms with Crippen LogP contribution in [0.1, 0.15) is 163 Å². The Morgan fingerprint density at radius 2 is 1.16 bits per heavy atom. The third-order valence-corrected chi connectivity index (χ3v) is 17.5. The molecule has 0 unspecified atom stereocenters. The minimum absolute atomic E-state index is 0. The van der Waals surface area contributed by atoms with Gasteiger partial charge in [0.25, 0.3) is 6.33 Å². The Morgan fingerprint density at radius 3 is 1.89 bits per heavy atom. The maximum Gasteiger partial charge on any atom is 0.268 e. The van der Waals surface area contributed by atoms with E-state index >= 15 is 0 Å². The van der Waals surface area contributed by atoms with Crippen molar-refractivity contribution >= 4 is 32.8 Å². The van der Waals surface area contributed by atoms with Crippen LogP contribution in [0.25, 0.3) is 117 Å². The molecule has 0 radical (unpaired) electrons. The van der Waals surface area contributed by atoms with Crippen molar-refractivity contribution in [3.05, 3.63) is 259 Å². The first-order chi connectivity index (χ1) is 53.4. The van der Waals surface area contributed by atoms with Crippen molar-refractivity contribution in [2.24, 2.45) is 0 Å². The Labute approximate surface area is 591 Å². The molecule has 0 saturated carbocycles. The van der Waals surface area contributed by atoms with E-state index in [0.29, 0.717) is 56.0 Å². The van der Waals surface area contributed by atoms with Crippen LogP contribution >= 0.6 is 0 Å². The van der Waals surface area contributed by atoms with Gasteiger partial charge in [0.05, 0.1) is 27.7 Å². The average molecular weight is 1400 g/mol. The topological polar surface area (TPSA) is 35.9 Å². The Kier molecular flexibility index (Phi) is 9.36. The Hall–Kier alpha value is -8.89. The minimum atomic E-state index is -4.61. The summed E-state index contributed by atoms with van der Waals surface area (Å²) in [6.07, 6.45) is -3.72. The van der Waals surface area contributed by atoms with Gasteiger partial charge in [-0.25, -0.2) is 4.98 Å². The van der Waals surface area contributed by atoms with Crippen molar-refractivity contribution in [1.82, 2.24) is 14.1 Å². The van der Waals surface area contributed by atoms with Crippen LogP contribution in [0.3, 0.4) is 0 Å². The number of ether oxygens (including phenoxy) is 1. The molecule has 15 rings (SSSR count). The standard InChI is InChI=1S/C86H78N4O.Pt/c1-82(2,3)58-40-43-87-78(50-58)90-75-35-20-19-30-68(75)69-38-37-63(52-76(69)90)91-62-27-21-26-61(51-62)88-53-89-80-65(57-44-59(83(4,5)6)49-60(45-57)84(7,8)9)32-23-34-71(80)79-64(54-24-15-14-16-25-54)31-22-33-70(79)66-28-17-18-29-67(66)72-46-56(48-77(88)81(72)89)55-36-39-73-74(47-55)86(12,13)42-41-85(73,10)11;/h14-40,43-50H,41-42H2,1-13H3;/q-2;/i10D3,11D3,12D3,13D3,14D,15D,16D,24D,25D,36D,39D,41D2,42D2,47D;. The van der Waals surface area contributed by atoms with Crippen molar-refractivity contribution < 1.29 is 63.3 Å². The fourth-order valence-electron chi connectivity index (χ4n) is 12.8. The molecule has 4 heterocycles. The normalized spacial score (nSPS) is 19.6. The van der Waals surface area contributed by atoms with Crippen LogP contribution in [0, 0.1) is 18.5 Å². The number of aromatic nitrogens is 4. The summed E-state index contributed by atoms with van der Waals surface area (Å²) in [4.78, 5) is 4.86. The SMILES string of the molecule is [2H]c1c([2H])c([2H])c(-c2cccc3c2-c2cccc(-c4cc(C(C)(C)C)cc(C(C)(C)C)c4)c2-[n+]2[c-]n(-c4[c-]c(Oc5[c-]c6c(cc5)c5ccccc5n6-c5cc(C(C)(C)C)ccn5)ccc4)c4cc(-c5c([2H])c([2H])c6c(c5[2H])C(C([2H])([2H])[2H])(C([2H])([2H])[2H])C([2H])([2H])C([2H])([2H])C6(C([2H])([2H])[2H])C([2H])([2H])[2H])cc(c42)-c2ccccc2-3)c([2H])c1[2H].[Pt]. The predicted octanol–water partition coefficient (Wildman–Crippen LogP) is 22.1. The van der Waals surface area contributed by atoms with Crippen LogP contribution in [0.2, 0.25) is 0 Å². The third kappa shape index (κ3) is 10.4. The van der Waals surface area contributed by atoms with Crippen LogP contribution in [0.15, 0.2) is 212 Å². The molecule has 3 aromatic heterocycles. The number of benzene rings is 10. The van der Waals surface area contributed by atoms with E-state index in [4.69, 9.17) is 22.1 Å². The van der Waals surface area contributed by atoms with Crippen LogP contribution < -0.4 is 9.30 Å². The summed E-state index contributed by atoms with van der Waals surface area (Å²) in [6.45, 7) is 1.65. The fourth-order valence-corrected chi connectivity index (χ4v) is 12.8. The minimum Gasteiger partial charge on any atom is -0.510 e. The number of pyridine rings is 1. The van der Waals surface area contributed by atoms with E-state index in [1.54, 1.807) is 82.1 Å². The van der Waals surface area contributed by atoms with E-state index in [-0.39, 0.29) is 77.0 Å². The number of hydrogen-bond acceptors (Lipinski definition) is 2. The summed E-state index contributed by atoms with van der Waals surface area (Å²) in [5.41, 5.74) is -5.37. The number of nitrogens with zero attached hydrogens (tertiary/aromatic N) is 4. The summed E-state index contributed by atoms with van der Waals surface area (Å²) in [7, 11) is 0. The smallest absolute Gasteiger partial charge is 0.268 e. The van der Waals surface area contributed by atoms with Crippen molar-refractivity contribution in [3.63, 3.8) is 0 Å². The molecule has 0 bridgehead atoms. The van der Waals surface area contributed by atoms with Crippen LogP contribution in [0.5, 0.6) is 11.5 Å². The van der Waals surface area contributed by atoms with Crippen LogP contribution in [-0.2, 0) is 48.1 Å². The molecule has 0 atom stereocenters. The molecule has 0 amide bonds. The second-order valence-corrected chi connectivity index (χ2v) is 26.8. The van der Waals surface area contributed by atoms with E-state index in [0.717, 1.165) is 33.0 Å². The first-order valence-electron chi connectivity index (χ1n) is 42.3. The van der Waals surface area contributed by atoms with Crippen molar-refractivity contribution in [2.45, 2.75) is 130 Å². The van der Waals surface area contributed by atoms with Gasteiger partial charge in [-0.3, -0.25) is 4.57 Å². The second kappa shape index (κ2) is 22.2. The Bertz CT molecular complexity index is 6190. The number of para-hydroxylation sites is 2. The first-order valence-corrected chi connectivity index (χ1v) is 30.3. The molecule has 0 fully saturated rings. The summed E-state index contributed by atoms with van der Waals surface area (Å²) >= 11 is 0. The number of rotatable bonds is 7. The summed E-state index contributed by atoms with van der Waals surface area (Å²) in [6, 6.07) is 47.8. The molecule has 0 N–H and O–H groups in total. The van der Waals surface area contributed by atoms with Gasteiger partial charge in [-0.1, -0.05) is 247 Å². The predicted molar refractivity (Wildman–Crippen MR) is 378 cm³/mol. The molecule has 460 valence electrons. The third-order valence-electron chi connectivity index (χ3n) is 17.5. The van der Waals surface area contributed by atoms with E-state index in [2.05, 4.69) is 99.0 Å². The van der Waals surface area contributed by atoms with E-state index in [9.17, 15) is 20.6 Å². The Balaban J connectivity index is 0.0000111. The molecular formula is C86H78N4OPt-2. The zero-order chi connectivity index (χ0) is 83.6. The molecule has 2 aliphatic rings. The number of fused-ring (bicyclic) bond motifs is 11. The summed E-state index contributed by atoms with van der Waals surface area (Å²) in [5, 5.41) is 1.78. The van der Waals surface area contributed by atoms with Gasteiger partial charge < -0.3 is 13.9 Å². The zero-order valence-corrected chi connectivity index (χ0v) is 54.4. The van der Waals surface area contributed by atoms with Crippen LogP contribution in [-0.4, -0.2) is 14.1 Å². The molecule has 0 saturated heterocycles. The van der Waals surface area contributed by atoms with Gasteiger partial charge in [-0.2, -0.15) is 18.2 Å². The molecule has 10 aromatic carbocycles. The van der Waals surface area contributed by atoms with Gasteiger partial charge in [0.1, 0.15) is 5.82 Å². The molecule has 6 heteroatoms. The molecule has 92 heavy (non-hydrogen) atoms. The molecule has 5 nitrogen and oxygen atoms in total. The van der Waals surface area contributed by atoms with Crippen molar-refractivity contribution in [2.75, 3.05) is 0 Å². The summed E-state index contributed by atoms with van der Waals surface area (Å²) < 4.78 is 238. The average Bonchev–Trinajstić information content (AvgIpc) is 0.705. The molecule has 0 spiro atoms. The van der Waals surface area contributed by atoms with E-state index in [1.807, 2.05) is 65.2 Å².